The van der Waals surface area contributed by atoms with E-state index in [0.29, 0.717) is 13.0 Å². The van der Waals surface area contributed by atoms with Crippen molar-refractivity contribution in [2.24, 2.45) is 11.1 Å². The number of carbonyl (C=O) groups excluding carboxylic acids is 2. The molecule has 4 N–H and O–H groups in total. The van der Waals surface area contributed by atoms with Crippen LogP contribution < -0.4 is 16.4 Å². The normalized spacial score (nSPS) is 37.6. The lowest BCUT2D eigenvalue weighted by Gasteiger charge is -2.36. The van der Waals surface area contributed by atoms with Crippen molar-refractivity contribution < 1.29 is 9.59 Å². The molecule has 0 aromatic rings. The highest BCUT2D eigenvalue weighted by atomic mass is 35.5. The summed E-state index contributed by atoms with van der Waals surface area (Å²) >= 11 is 0. The molecule has 3 fully saturated rings. The fourth-order valence-electron chi connectivity index (χ4n) is 2.97. The largest absolute Gasteiger partial charge is 0.368 e. The number of nitrogens with two attached hydrogens (primary N) is 1. The minimum absolute atomic E-state index is 0. The van der Waals surface area contributed by atoms with Gasteiger partial charge in [0.2, 0.25) is 11.8 Å². The number of rotatable bonds is 1. The average Bonchev–Trinajstić information content (AvgIpc) is 2.84. The molecule has 2 saturated heterocycles. The molecule has 0 bridgehead atoms. The molecular formula is C11H18ClN3O2. The van der Waals surface area contributed by atoms with Gasteiger partial charge >= 0.3 is 0 Å². The maximum atomic E-state index is 12.1. The first kappa shape index (κ1) is 12.6. The molecule has 96 valence electrons. The Morgan fingerprint density at radius 1 is 1.29 bits per heavy atom. The van der Waals surface area contributed by atoms with Gasteiger partial charge in [0.05, 0.1) is 11.5 Å². The molecule has 2 amide bonds. The number of carbonyl (C=O) groups is 2. The van der Waals surface area contributed by atoms with Crippen LogP contribution in [-0.2, 0) is 9.59 Å². The molecule has 17 heavy (non-hydrogen) atoms. The van der Waals surface area contributed by atoms with Gasteiger partial charge in [0, 0.05) is 12.1 Å². The van der Waals surface area contributed by atoms with Crippen molar-refractivity contribution >= 4 is 24.2 Å². The number of primary amides is 1. The van der Waals surface area contributed by atoms with Crippen molar-refractivity contribution in [1.82, 2.24) is 10.6 Å². The van der Waals surface area contributed by atoms with E-state index in [-0.39, 0.29) is 41.2 Å². The number of piperidine rings is 1. The highest BCUT2D eigenvalue weighted by Crippen LogP contribution is 2.49. The molecule has 2 heterocycles. The second kappa shape index (κ2) is 3.85. The van der Waals surface area contributed by atoms with Gasteiger partial charge in [-0.3, -0.25) is 9.59 Å². The zero-order chi connectivity index (χ0) is 11.4. The van der Waals surface area contributed by atoms with Gasteiger partial charge in [-0.25, -0.2) is 0 Å². The van der Waals surface area contributed by atoms with Crippen LogP contribution in [0.2, 0.25) is 0 Å². The Hall–Kier alpha value is -0.810. The Bertz CT molecular complexity index is 370. The third kappa shape index (κ3) is 1.91. The van der Waals surface area contributed by atoms with Gasteiger partial charge in [-0.15, -0.1) is 12.4 Å². The Morgan fingerprint density at radius 3 is 2.41 bits per heavy atom. The maximum absolute atomic E-state index is 12.1. The summed E-state index contributed by atoms with van der Waals surface area (Å²) in [5.41, 5.74) is 5.00. The topological polar surface area (TPSA) is 84.2 Å². The molecule has 1 aliphatic carbocycles. The van der Waals surface area contributed by atoms with Crippen LogP contribution in [0.1, 0.15) is 32.1 Å². The first-order valence-electron chi connectivity index (χ1n) is 5.91. The van der Waals surface area contributed by atoms with Gasteiger partial charge in [-0.1, -0.05) is 0 Å². The van der Waals surface area contributed by atoms with E-state index in [2.05, 4.69) is 10.6 Å². The first-order chi connectivity index (χ1) is 7.55. The van der Waals surface area contributed by atoms with Crippen LogP contribution in [-0.4, -0.2) is 29.9 Å². The second-order valence-electron chi connectivity index (χ2n) is 5.55. The second-order valence-corrected chi connectivity index (χ2v) is 5.55. The van der Waals surface area contributed by atoms with Crippen LogP contribution in [0, 0.1) is 5.41 Å². The van der Waals surface area contributed by atoms with E-state index in [1.54, 1.807) is 0 Å². The van der Waals surface area contributed by atoms with Crippen molar-refractivity contribution in [3.05, 3.63) is 0 Å². The summed E-state index contributed by atoms with van der Waals surface area (Å²) in [5, 5.41) is 6.19. The lowest BCUT2D eigenvalue weighted by atomic mass is 9.75. The molecule has 6 heteroatoms. The van der Waals surface area contributed by atoms with E-state index >= 15 is 0 Å². The first-order valence-corrected chi connectivity index (χ1v) is 5.91. The van der Waals surface area contributed by atoms with Gasteiger partial charge in [0.1, 0.15) is 0 Å². The minimum atomic E-state index is -0.381. The molecule has 0 unspecified atom stereocenters. The number of hydrogen-bond acceptors (Lipinski definition) is 3. The summed E-state index contributed by atoms with van der Waals surface area (Å²) in [6.07, 6.45) is 4.72. The van der Waals surface area contributed by atoms with Crippen LogP contribution in [0.5, 0.6) is 0 Å². The van der Waals surface area contributed by atoms with Crippen LogP contribution in [0.3, 0.4) is 0 Å². The Labute approximate surface area is 106 Å². The fraction of sp³-hybridized carbons (Fsp3) is 0.818. The molecular weight excluding hydrogens is 242 g/mol. The average molecular weight is 260 g/mol. The van der Waals surface area contributed by atoms with Crippen molar-refractivity contribution in [3.8, 4) is 0 Å². The lowest BCUT2D eigenvalue weighted by Crippen LogP contribution is -2.53. The third-order valence-corrected chi connectivity index (χ3v) is 4.42. The molecule has 1 saturated carbocycles. The van der Waals surface area contributed by atoms with E-state index < -0.39 is 0 Å². The van der Waals surface area contributed by atoms with Gasteiger partial charge < -0.3 is 16.4 Å². The Morgan fingerprint density at radius 2 is 1.94 bits per heavy atom. The maximum Gasteiger partial charge on any atom is 0.234 e. The molecule has 0 radical (unpaired) electrons. The highest BCUT2D eigenvalue weighted by Gasteiger charge is 2.56. The summed E-state index contributed by atoms with van der Waals surface area (Å²) < 4.78 is 0. The standard InChI is InChI=1S/C11H17N3O2.ClH/c12-8(15)7-5-10(6-13-7)1-2-11(3-4-11)14-9(10)16;/h7,13H,1-6H2,(H2,12,15)(H,14,16);1H/t7-,10-;/m0./s1. The molecule has 0 aromatic carbocycles. The monoisotopic (exact) mass is 259 g/mol. The summed E-state index contributed by atoms with van der Waals surface area (Å²) in [4.78, 5) is 23.2. The fourth-order valence-corrected chi connectivity index (χ4v) is 2.97. The summed E-state index contributed by atoms with van der Waals surface area (Å²) in [6, 6.07) is -0.334. The molecule has 2 spiro atoms. The third-order valence-electron chi connectivity index (χ3n) is 4.42. The molecule has 0 aromatic heterocycles. The smallest absolute Gasteiger partial charge is 0.234 e. The van der Waals surface area contributed by atoms with Crippen molar-refractivity contribution in [2.75, 3.05) is 6.54 Å². The Kier molecular flexibility index (Phi) is 2.86. The summed E-state index contributed by atoms with van der Waals surface area (Å²) in [7, 11) is 0. The highest BCUT2D eigenvalue weighted by molar-refractivity contribution is 5.88. The molecule has 2 atom stereocenters. The van der Waals surface area contributed by atoms with Crippen LogP contribution >= 0.6 is 12.4 Å². The number of nitrogens with one attached hydrogen (secondary N) is 2. The van der Waals surface area contributed by atoms with E-state index in [4.69, 9.17) is 5.73 Å². The van der Waals surface area contributed by atoms with Gasteiger partial charge in [-0.05, 0) is 32.1 Å². The van der Waals surface area contributed by atoms with E-state index in [1.165, 1.54) is 0 Å². The zero-order valence-corrected chi connectivity index (χ0v) is 10.4. The molecule has 3 rings (SSSR count). The number of amides is 2. The van der Waals surface area contributed by atoms with Crippen LogP contribution in [0.25, 0.3) is 0 Å². The van der Waals surface area contributed by atoms with Crippen molar-refractivity contribution in [2.45, 2.75) is 43.7 Å². The van der Waals surface area contributed by atoms with E-state index in [1.807, 2.05) is 0 Å². The zero-order valence-electron chi connectivity index (χ0n) is 9.62. The van der Waals surface area contributed by atoms with Crippen molar-refractivity contribution in [1.29, 1.82) is 0 Å². The predicted molar refractivity (Wildman–Crippen MR) is 64.6 cm³/mol. The van der Waals surface area contributed by atoms with E-state index in [0.717, 1.165) is 25.7 Å². The molecule has 3 aliphatic rings. The number of hydrogen-bond donors (Lipinski definition) is 3. The van der Waals surface area contributed by atoms with Gasteiger partial charge in [0.25, 0.3) is 0 Å². The molecule has 5 nitrogen and oxygen atoms in total. The molecule has 2 aliphatic heterocycles. The number of halogens is 1. The van der Waals surface area contributed by atoms with Gasteiger partial charge in [0.15, 0.2) is 0 Å². The van der Waals surface area contributed by atoms with Crippen molar-refractivity contribution in [3.63, 3.8) is 0 Å². The quantitative estimate of drug-likeness (QED) is 0.604. The Balaban J connectivity index is 0.00000108. The summed E-state index contributed by atoms with van der Waals surface area (Å²) in [6.45, 7) is 0.586. The minimum Gasteiger partial charge on any atom is -0.368 e. The van der Waals surface area contributed by atoms with E-state index in [9.17, 15) is 9.59 Å². The summed E-state index contributed by atoms with van der Waals surface area (Å²) in [5.74, 6) is -0.233. The predicted octanol–water partition coefficient (Wildman–Crippen LogP) is -0.316. The lowest BCUT2D eigenvalue weighted by molar-refractivity contribution is -0.134. The van der Waals surface area contributed by atoms with Crippen LogP contribution in [0.15, 0.2) is 0 Å². The van der Waals surface area contributed by atoms with Gasteiger partial charge in [-0.2, -0.15) is 0 Å². The SMILES string of the molecule is Cl.NC(=O)[C@@H]1C[C@@]2(CCC3(CC3)NC2=O)CN1. The van der Waals surface area contributed by atoms with Crippen LogP contribution in [0.4, 0.5) is 0 Å².